The summed E-state index contributed by atoms with van der Waals surface area (Å²) in [6.45, 7) is 7.54. The van der Waals surface area contributed by atoms with E-state index in [4.69, 9.17) is 10.8 Å². The van der Waals surface area contributed by atoms with Crippen LogP contribution in [0.25, 0.3) is 0 Å². The zero-order chi connectivity index (χ0) is 14.2. The number of carbonyl (C=O) groups excluding carboxylic acids is 1. The molecule has 0 aromatic heterocycles. The highest BCUT2D eigenvalue weighted by molar-refractivity contribution is 5.77. The van der Waals surface area contributed by atoms with Crippen LogP contribution in [0.5, 0.6) is 0 Å². The first-order chi connectivity index (χ1) is 8.32. The fourth-order valence-electron chi connectivity index (χ4n) is 1.81. The molecular formula is C13H26N2O3. The van der Waals surface area contributed by atoms with E-state index >= 15 is 0 Å². The summed E-state index contributed by atoms with van der Waals surface area (Å²) in [4.78, 5) is 24.0. The molecule has 0 aromatic rings. The predicted molar refractivity (Wildman–Crippen MR) is 71.2 cm³/mol. The molecule has 0 spiro atoms. The van der Waals surface area contributed by atoms with Crippen molar-refractivity contribution in [2.75, 3.05) is 19.6 Å². The van der Waals surface area contributed by atoms with Gasteiger partial charge in [0.25, 0.3) is 0 Å². The average Bonchev–Trinajstić information content (AvgIpc) is 2.27. The second kappa shape index (κ2) is 8.08. The highest BCUT2D eigenvalue weighted by Crippen LogP contribution is 2.26. The van der Waals surface area contributed by atoms with Gasteiger partial charge in [-0.25, -0.2) is 0 Å². The molecule has 0 unspecified atom stereocenters. The lowest BCUT2D eigenvalue weighted by atomic mass is 9.84. The van der Waals surface area contributed by atoms with Gasteiger partial charge in [0.2, 0.25) is 5.91 Å². The van der Waals surface area contributed by atoms with Crippen molar-refractivity contribution in [3.8, 4) is 0 Å². The SMILES string of the molecule is CCN(CCC(=O)O)C(=O)CCC(C)(C)CCN. The number of nitrogens with two attached hydrogens (primary N) is 1. The van der Waals surface area contributed by atoms with E-state index in [0.29, 0.717) is 26.1 Å². The number of carboxylic acid groups (broad SMARTS) is 1. The van der Waals surface area contributed by atoms with E-state index in [1.807, 2.05) is 6.92 Å². The minimum atomic E-state index is -0.871. The molecule has 5 heteroatoms. The van der Waals surface area contributed by atoms with E-state index < -0.39 is 5.97 Å². The van der Waals surface area contributed by atoms with Gasteiger partial charge in [-0.3, -0.25) is 9.59 Å². The fraction of sp³-hybridized carbons (Fsp3) is 0.846. The zero-order valence-electron chi connectivity index (χ0n) is 11.7. The Morgan fingerprint density at radius 2 is 1.83 bits per heavy atom. The van der Waals surface area contributed by atoms with Crippen molar-refractivity contribution in [3.63, 3.8) is 0 Å². The summed E-state index contributed by atoms with van der Waals surface area (Å²) in [5, 5.41) is 8.62. The maximum Gasteiger partial charge on any atom is 0.305 e. The number of rotatable bonds is 9. The van der Waals surface area contributed by atoms with Gasteiger partial charge in [0, 0.05) is 19.5 Å². The van der Waals surface area contributed by atoms with Crippen LogP contribution in [0.1, 0.15) is 46.5 Å². The summed E-state index contributed by atoms with van der Waals surface area (Å²) in [7, 11) is 0. The molecule has 0 rings (SSSR count). The van der Waals surface area contributed by atoms with E-state index in [-0.39, 0.29) is 17.7 Å². The van der Waals surface area contributed by atoms with Crippen molar-refractivity contribution in [1.82, 2.24) is 4.90 Å². The molecule has 106 valence electrons. The quantitative estimate of drug-likeness (QED) is 0.656. The number of nitrogens with zero attached hydrogens (tertiary/aromatic N) is 1. The van der Waals surface area contributed by atoms with Crippen LogP contribution in [0, 0.1) is 5.41 Å². The van der Waals surface area contributed by atoms with E-state index in [0.717, 1.165) is 12.8 Å². The molecule has 5 nitrogen and oxygen atoms in total. The lowest BCUT2D eigenvalue weighted by Gasteiger charge is -2.26. The summed E-state index contributed by atoms with van der Waals surface area (Å²) < 4.78 is 0. The maximum absolute atomic E-state index is 11.9. The van der Waals surface area contributed by atoms with Crippen LogP contribution in [0.3, 0.4) is 0 Å². The number of carboxylic acids is 1. The molecule has 0 heterocycles. The van der Waals surface area contributed by atoms with Crippen molar-refractivity contribution in [2.45, 2.75) is 46.5 Å². The Balaban J connectivity index is 4.15. The highest BCUT2D eigenvalue weighted by atomic mass is 16.4. The van der Waals surface area contributed by atoms with Gasteiger partial charge in [0.1, 0.15) is 0 Å². The Bertz CT molecular complexity index is 277. The minimum absolute atomic E-state index is 0.00573. The average molecular weight is 258 g/mol. The van der Waals surface area contributed by atoms with Crippen LogP contribution in [-0.2, 0) is 9.59 Å². The van der Waals surface area contributed by atoms with E-state index in [9.17, 15) is 9.59 Å². The van der Waals surface area contributed by atoms with Gasteiger partial charge < -0.3 is 15.7 Å². The van der Waals surface area contributed by atoms with Crippen LogP contribution in [0.2, 0.25) is 0 Å². The van der Waals surface area contributed by atoms with Gasteiger partial charge in [-0.1, -0.05) is 13.8 Å². The predicted octanol–water partition coefficient (Wildman–Crippen LogP) is 1.46. The lowest BCUT2D eigenvalue weighted by molar-refractivity contribution is -0.138. The number of amides is 1. The number of hydrogen-bond acceptors (Lipinski definition) is 3. The van der Waals surface area contributed by atoms with Crippen LogP contribution in [0.4, 0.5) is 0 Å². The molecule has 3 N–H and O–H groups in total. The normalized spacial score (nSPS) is 11.3. The molecule has 0 aliphatic rings. The Morgan fingerprint density at radius 1 is 1.22 bits per heavy atom. The molecule has 1 amide bonds. The summed E-state index contributed by atoms with van der Waals surface area (Å²) in [5.41, 5.74) is 5.59. The third kappa shape index (κ3) is 7.27. The Kier molecular flexibility index (Phi) is 7.59. The molecule has 0 bridgehead atoms. The van der Waals surface area contributed by atoms with Gasteiger partial charge in [-0.15, -0.1) is 0 Å². The zero-order valence-corrected chi connectivity index (χ0v) is 11.7. The summed E-state index contributed by atoms with van der Waals surface area (Å²) in [6, 6.07) is 0. The first-order valence-corrected chi connectivity index (χ1v) is 6.52. The standard InChI is InChI=1S/C13H26N2O3/c1-4-15(10-6-12(17)18)11(16)5-7-13(2,3)8-9-14/h4-10,14H2,1-3H3,(H,17,18). The van der Waals surface area contributed by atoms with E-state index in [1.54, 1.807) is 4.90 Å². The number of carbonyl (C=O) groups is 2. The van der Waals surface area contributed by atoms with Gasteiger partial charge in [0.05, 0.1) is 6.42 Å². The first kappa shape index (κ1) is 16.9. The third-order valence-electron chi connectivity index (χ3n) is 3.17. The maximum atomic E-state index is 11.9. The molecule has 0 aliphatic heterocycles. The van der Waals surface area contributed by atoms with Crippen LogP contribution in [-0.4, -0.2) is 41.5 Å². The molecule has 0 atom stereocenters. The highest BCUT2D eigenvalue weighted by Gasteiger charge is 2.20. The van der Waals surface area contributed by atoms with Gasteiger partial charge in [-0.05, 0) is 31.7 Å². The summed E-state index contributed by atoms with van der Waals surface area (Å²) >= 11 is 0. The van der Waals surface area contributed by atoms with E-state index in [2.05, 4.69) is 13.8 Å². The molecule has 0 radical (unpaired) electrons. The van der Waals surface area contributed by atoms with Gasteiger partial charge in [-0.2, -0.15) is 0 Å². The Morgan fingerprint density at radius 3 is 2.28 bits per heavy atom. The molecular weight excluding hydrogens is 232 g/mol. The summed E-state index contributed by atoms with van der Waals surface area (Å²) in [5.74, 6) is -0.839. The third-order valence-corrected chi connectivity index (χ3v) is 3.17. The molecule has 18 heavy (non-hydrogen) atoms. The van der Waals surface area contributed by atoms with Crippen LogP contribution >= 0.6 is 0 Å². The molecule has 0 fully saturated rings. The first-order valence-electron chi connectivity index (χ1n) is 6.52. The van der Waals surface area contributed by atoms with Crippen molar-refractivity contribution >= 4 is 11.9 Å². The largest absolute Gasteiger partial charge is 0.481 e. The summed E-state index contributed by atoms with van der Waals surface area (Å²) in [6.07, 6.45) is 2.14. The number of aliphatic carboxylic acids is 1. The van der Waals surface area contributed by atoms with Crippen molar-refractivity contribution < 1.29 is 14.7 Å². The van der Waals surface area contributed by atoms with Crippen LogP contribution < -0.4 is 5.73 Å². The lowest BCUT2D eigenvalue weighted by Crippen LogP contribution is -2.33. The fourth-order valence-corrected chi connectivity index (χ4v) is 1.81. The van der Waals surface area contributed by atoms with Crippen molar-refractivity contribution in [3.05, 3.63) is 0 Å². The molecule has 0 aliphatic carbocycles. The monoisotopic (exact) mass is 258 g/mol. The smallest absolute Gasteiger partial charge is 0.305 e. The molecule has 0 aromatic carbocycles. The number of hydrogen-bond donors (Lipinski definition) is 2. The molecule has 0 saturated carbocycles. The second-order valence-corrected chi connectivity index (χ2v) is 5.32. The van der Waals surface area contributed by atoms with Crippen molar-refractivity contribution in [1.29, 1.82) is 0 Å². The molecule has 0 saturated heterocycles. The van der Waals surface area contributed by atoms with Crippen molar-refractivity contribution in [2.24, 2.45) is 11.1 Å². The van der Waals surface area contributed by atoms with E-state index in [1.165, 1.54) is 0 Å². The second-order valence-electron chi connectivity index (χ2n) is 5.32. The Labute approximate surface area is 109 Å². The minimum Gasteiger partial charge on any atom is -0.481 e. The topological polar surface area (TPSA) is 83.6 Å². The van der Waals surface area contributed by atoms with Crippen LogP contribution in [0.15, 0.2) is 0 Å². The Hall–Kier alpha value is -1.10. The van der Waals surface area contributed by atoms with Gasteiger partial charge >= 0.3 is 5.97 Å². The van der Waals surface area contributed by atoms with Gasteiger partial charge in [0.15, 0.2) is 0 Å².